The first kappa shape index (κ1) is 15.8. The first-order valence-corrected chi connectivity index (χ1v) is 8.22. The van der Waals surface area contributed by atoms with E-state index in [1.54, 1.807) is 0 Å². The van der Waals surface area contributed by atoms with Gasteiger partial charge in [-0.1, -0.05) is 13.8 Å². The molecule has 0 aromatic carbocycles. The van der Waals surface area contributed by atoms with Crippen LogP contribution in [0.4, 0.5) is 0 Å². The van der Waals surface area contributed by atoms with Crippen molar-refractivity contribution in [2.45, 2.75) is 76.9 Å². The first-order chi connectivity index (χ1) is 9.47. The average Bonchev–Trinajstić information content (AvgIpc) is 3.13. The number of carboxylic acid groups (broad SMARTS) is 1. The number of nitrogens with one attached hydrogen (secondary N) is 1. The minimum absolute atomic E-state index is 0.441. The summed E-state index contributed by atoms with van der Waals surface area (Å²) >= 11 is 0. The normalized spacial score (nSPS) is 30.4. The molecule has 4 nitrogen and oxygen atoms in total. The molecule has 0 radical (unpaired) electrons. The molecule has 1 aliphatic heterocycles. The van der Waals surface area contributed by atoms with E-state index in [2.05, 4.69) is 24.1 Å². The van der Waals surface area contributed by atoms with E-state index in [1.807, 2.05) is 6.92 Å². The van der Waals surface area contributed by atoms with Crippen molar-refractivity contribution in [1.82, 2.24) is 10.2 Å². The van der Waals surface area contributed by atoms with Crippen molar-refractivity contribution < 1.29 is 9.90 Å². The van der Waals surface area contributed by atoms with Gasteiger partial charge in [0.05, 0.1) is 0 Å². The molecule has 0 spiro atoms. The number of rotatable bonds is 8. The summed E-state index contributed by atoms with van der Waals surface area (Å²) in [4.78, 5) is 14.2. The SMILES string of the molecule is CCC(CCCN1CC(C)CC1C)(NC1CC1)C(=O)O. The van der Waals surface area contributed by atoms with E-state index in [0.717, 1.165) is 38.1 Å². The van der Waals surface area contributed by atoms with Crippen molar-refractivity contribution >= 4 is 5.97 Å². The first-order valence-electron chi connectivity index (χ1n) is 8.22. The summed E-state index contributed by atoms with van der Waals surface area (Å²) in [6.45, 7) is 8.79. The molecule has 0 bridgehead atoms. The number of aliphatic carboxylic acids is 1. The predicted molar refractivity (Wildman–Crippen MR) is 80.9 cm³/mol. The molecular formula is C16H30N2O2. The predicted octanol–water partition coefficient (Wildman–Crippen LogP) is 2.48. The van der Waals surface area contributed by atoms with E-state index in [-0.39, 0.29) is 0 Å². The number of hydrogen-bond acceptors (Lipinski definition) is 3. The molecule has 4 heteroatoms. The zero-order chi connectivity index (χ0) is 14.8. The Morgan fingerprint density at radius 3 is 2.55 bits per heavy atom. The highest BCUT2D eigenvalue weighted by molar-refractivity contribution is 5.78. The van der Waals surface area contributed by atoms with E-state index in [0.29, 0.717) is 18.5 Å². The van der Waals surface area contributed by atoms with Gasteiger partial charge in [0.2, 0.25) is 0 Å². The molecule has 2 N–H and O–H groups in total. The summed E-state index contributed by atoms with van der Waals surface area (Å²) in [5.41, 5.74) is -0.699. The van der Waals surface area contributed by atoms with Crippen LogP contribution in [0.5, 0.6) is 0 Å². The molecule has 1 saturated carbocycles. The Labute approximate surface area is 122 Å². The van der Waals surface area contributed by atoms with Gasteiger partial charge in [-0.05, 0) is 57.9 Å². The molecule has 2 rings (SSSR count). The largest absolute Gasteiger partial charge is 0.480 e. The van der Waals surface area contributed by atoms with E-state index >= 15 is 0 Å². The lowest BCUT2D eigenvalue weighted by molar-refractivity contribution is -0.145. The molecule has 3 atom stereocenters. The average molecular weight is 282 g/mol. The summed E-state index contributed by atoms with van der Waals surface area (Å²) in [7, 11) is 0. The maximum Gasteiger partial charge on any atom is 0.323 e. The number of hydrogen-bond donors (Lipinski definition) is 2. The molecule has 0 aromatic rings. The molecule has 1 saturated heterocycles. The molecule has 116 valence electrons. The number of nitrogens with zero attached hydrogens (tertiary/aromatic N) is 1. The molecule has 1 aliphatic carbocycles. The third kappa shape index (κ3) is 3.73. The van der Waals surface area contributed by atoms with Gasteiger partial charge in [0.1, 0.15) is 5.54 Å². The van der Waals surface area contributed by atoms with Crippen LogP contribution in [0.2, 0.25) is 0 Å². The monoisotopic (exact) mass is 282 g/mol. The summed E-state index contributed by atoms with van der Waals surface area (Å²) in [5.74, 6) is 0.111. The van der Waals surface area contributed by atoms with Crippen LogP contribution in [0.15, 0.2) is 0 Å². The lowest BCUT2D eigenvalue weighted by Crippen LogP contribution is -2.53. The molecule has 1 heterocycles. The number of carbonyl (C=O) groups is 1. The van der Waals surface area contributed by atoms with Gasteiger partial charge in [0.15, 0.2) is 0 Å². The van der Waals surface area contributed by atoms with Gasteiger partial charge in [-0.25, -0.2) is 0 Å². The highest BCUT2D eigenvalue weighted by atomic mass is 16.4. The second-order valence-electron chi connectivity index (χ2n) is 6.95. The van der Waals surface area contributed by atoms with Crippen LogP contribution in [0.25, 0.3) is 0 Å². The Balaban J connectivity index is 1.83. The van der Waals surface area contributed by atoms with Crippen LogP contribution in [-0.2, 0) is 4.79 Å². The second-order valence-corrected chi connectivity index (χ2v) is 6.95. The third-order valence-electron chi connectivity index (χ3n) is 5.03. The fraction of sp³-hybridized carbons (Fsp3) is 0.938. The minimum Gasteiger partial charge on any atom is -0.480 e. The molecule has 0 aromatic heterocycles. The Morgan fingerprint density at radius 1 is 1.40 bits per heavy atom. The summed E-state index contributed by atoms with van der Waals surface area (Å²) in [6.07, 6.45) is 5.93. The number of likely N-dealkylation sites (tertiary alicyclic amines) is 1. The molecule has 2 aliphatic rings. The zero-order valence-corrected chi connectivity index (χ0v) is 13.2. The Kier molecular flexibility index (Phi) is 5.08. The fourth-order valence-corrected chi connectivity index (χ4v) is 3.57. The Morgan fingerprint density at radius 2 is 2.10 bits per heavy atom. The molecule has 0 amide bonds. The summed E-state index contributed by atoms with van der Waals surface area (Å²) in [6, 6.07) is 1.10. The van der Waals surface area contributed by atoms with Crippen LogP contribution < -0.4 is 5.32 Å². The van der Waals surface area contributed by atoms with Gasteiger partial charge < -0.3 is 10.0 Å². The van der Waals surface area contributed by atoms with Gasteiger partial charge in [0.25, 0.3) is 0 Å². The Bertz CT molecular complexity index is 343. The number of carboxylic acids is 1. The topological polar surface area (TPSA) is 52.6 Å². The van der Waals surface area contributed by atoms with Crippen LogP contribution in [0, 0.1) is 5.92 Å². The van der Waals surface area contributed by atoms with E-state index in [9.17, 15) is 9.90 Å². The van der Waals surface area contributed by atoms with Crippen LogP contribution in [0.3, 0.4) is 0 Å². The van der Waals surface area contributed by atoms with Gasteiger partial charge in [0, 0.05) is 18.6 Å². The maximum atomic E-state index is 11.7. The highest BCUT2D eigenvalue weighted by Crippen LogP contribution is 2.28. The molecule has 20 heavy (non-hydrogen) atoms. The zero-order valence-electron chi connectivity index (χ0n) is 13.2. The van der Waals surface area contributed by atoms with Gasteiger partial charge in [-0.3, -0.25) is 10.1 Å². The van der Waals surface area contributed by atoms with Crippen molar-refractivity contribution in [2.75, 3.05) is 13.1 Å². The highest BCUT2D eigenvalue weighted by Gasteiger charge is 2.40. The van der Waals surface area contributed by atoms with E-state index < -0.39 is 11.5 Å². The summed E-state index contributed by atoms with van der Waals surface area (Å²) < 4.78 is 0. The lowest BCUT2D eigenvalue weighted by Gasteiger charge is -2.31. The lowest BCUT2D eigenvalue weighted by atomic mass is 9.90. The molecular weight excluding hydrogens is 252 g/mol. The van der Waals surface area contributed by atoms with Crippen molar-refractivity contribution in [3.8, 4) is 0 Å². The van der Waals surface area contributed by atoms with E-state index in [4.69, 9.17) is 0 Å². The standard InChI is InChI=1S/C16H30N2O2/c1-4-16(15(19)20,17-14-6-7-14)8-5-9-18-11-12(2)10-13(18)3/h12-14,17H,4-11H2,1-3H3,(H,19,20). The molecule has 2 fully saturated rings. The van der Waals surface area contributed by atoms with Crippen molar-refractivity contribution in [3.63, 3.8) is 0 Å². The summed E-state index contributed by atoms with van der Waals surface area (Å²) in [5, 5.41) is 13.0. The van der Waals surface area contributed by atoms with Gasteiger partial charge in [-0.15, -0.1) is 0 Å². The van der Waals surface area contributed by atoms with Crippen molar-refractivity contribution in [2.24, 2.45) is 5.92 Å². The minimum atomic E-state index is -0.699. The second kappa shape index (κ2) is 6.44. The quantitative estimate of drug-likeness (QED) is 0.718. The maximum absolute atomic E-state index is 11.7. The molecule has 3 unspecified atom stereocenters. The van der Waals surface area contributed by atoms with Crippen LogP contribution >= 0.6 is 0 Å². The van der Waals surface area contributed by atoms with Crippen LogP contribution in [0.1, 0.15) is 59.3 Å². The smallest absolute Gasteiger partial charge is 0.323 e. The third-order valence-corrected chi connectivity index (χ3v) is 5.03. The van der Waals surface area contributed by atoms with Gasteiger partial charge in [-0.2, -0.15) is 0 Å². The van der Waals surface area contributed by atoms with Crippen LogP contribution in [-0.4, -0.2) is 46.7 Å². The van der Waals surface area contributed by atoms with Crippen molar-refractivity contribution in [1.29, 1.82) is 0 Å². The fourth-order valence-electron chi connectivity index (χ4n) is 3.57. The van der Waals surface area contributed by atoms with Gasteiger partial charge >= 0.3 is 5.97 Å². The Hall–Kier alpha value is -0.610. The van der Waals surface area contributed by atoms with Crippen molar-refractivity contribution in [3.05, 3.63) is 0 Å². The van der Waals surface area contributed by atoms with E-state index in [1.165, 1.54) is 13.0 Å².